The van der Waals surface area contributed by atoms with Crippen molar-refractivity contribution >= 4 is 33.5 Å². The quantitative estimate of drug-likeness (QED) is 0.779. The summed E-state index contributed by atoms with van der Waals surface area (Å²) >= 11 is 0. The summed E-state index contributed by atoms with van der Waals surface area (Å²) in [7, 11) is -3.19. The summed E-state index contributed by atoms with van der Waals surface area (Å²) in [4.78, 5) is 20.9. The topological polar surface area (TPSA) is 92.3 Å². The lowest BCUT2D eigenvalue weighted by Crippen LogP contribution is -2.24. The number of sulfonamides is 1. The van der Waals surface area contributed by atoms with Crippen LogP contribution in [0.1, 0.15) is 43.3 Å². The first-order valence-corrected chi connectivity index (χ1v) is 10.8. The number of aromatic nitrogens is 2. The van der Waals surface area contributed by atoms with Crippen molar-refractivity contribution in [2.45, 2.75) is 33.1 Å². The number of benzene rings is 1. The molecule has 3 rings (SSSR count). The van der Waals surface area contributed by atoms with Crippen LogP contribution < -0.4 is 9.62 Å². The first-order valence-electron chi connectivity index (χ1n) is 9.20. The summed E-state index contributed by atoms with van der Waals surface area (Å²) in [5.41, 5.74) is 2.25. The highest BCUT2D eigenvalue weighted by molar-refractivity contribution is 7.93. The zero-order valence-electron chi connectivity index (χ0n) is 16.2. The highest BCUT2D eigenvalue weighted by Gasteiger charge is 2.28. The van der Waals surface area contributed by atoms with Crippen LogP contribution in [-0.2, 0) is 14.8 Å². The van der Waals surface area contributed by atoms with Crippen molar-refractivity contribution in [3.05, 3.63) is 53.5 Å². The number of nitrogens with one attached hydrogen (secondary N) is 1. The maximum Gasteiger partial charge on any atom is 0.249 e. The number of hydrogen-bond donors (Lipinski definition) is 1. The summed E-state index contributed by atoms with van der Waals surface area (Å²) in [5, 5.41) is 2.75. The lowest BCUT2D eigenvalue weighted by Gasteiger charge is -2.16. The van der Waals surface area contributed by atoms with Gasteiger partial charge >= 0.3 is 0 Å². The Morgan fingerprint density at radius 1 is 1.21 bits per heavy atom. The highest BCUT2D eigenvalue weighted by atomic mass is 32.2. The number of anilines is 2. The normalized spacial score (nSPS) is 16.1. The molecule has 0 bridgehead atoms. The number of hydrogen-bond acceptors (Lipinski definition) is 5. The molecular weight excluding hydrogens is 376 g/mol. The molecule has 1 N–H and O–H groups in total. The second-order valence-corrected chi connectivity index (χ2v) is 9.08. The van der Waals surface area contributed by atoms with Gasteiger partial charge in [0.15, 0.2) is 0 Å². The molecule has 1 aromatic carbocycles. The van der Waals surface area contributed by atoms with Crippen LogP contribution in [-0.4, -0.2) is 36.6 Å². The zero-order valence-corrected chi connectivity index (χ0v) is 17.0. The lowest BCUT2D eigenvalue weighted by atomic mass is 10.2. The van der Waals surface area contributed by atoms with Gasteiger partial charge in [0.2, 0.25) is 15.9 Å². The molecule has 148 valence electrons. The van der Waals surface area contributed by atoms with Gasteiger partial charge in [0.25, 0.3) is 0 Å². The second-order valence-electron chi connectivity index (χ2n) is 7.06. The number of rotatable bonds is 5. The van der Waals surface area contributed by atoms with E-state index in [0.29, 0.717) is 30.3 Å². The van der Waals surface area contributed by atoms with Gasteiger partial charge in [-0.1, -0.05) is 26.0 Å². The van der Waals surface area contributed by atoms with Crippen LogP contribution in [0.2, 0.25) is 0 Å². The van der Waals surface area contributed by atoms with Gasteiger partial charge in [-0.15, -0.1) is 0 Å². The predicted octanol–water partition coefficient (Wildman–Crippen LogP) is 3.10. The van der Waals surface area contributed by atoms with Crippen molar-refractivity contribution < 1.29 is 13.2 Å². The van der Waals surface area contributed by atoms with Crippen LogP contribution in [0, 0.1) is 6.92 Å². The van der Waals surface area contributed by atoms with E-state index >= 15 is 0 Å². The molecule has 2 heterocycles. The van der Waals surface area contributed by atoms with E-state index in [2.05, 4.69) is 15.3 Å². The molecule has 1 aromatic heterocycles. The van der Waals surface area contributed by atoms with Crippen LogP contribution in [0.4, 0.5) is 11.5 Å². The summed E-state index contributed by atoms with van der Waals surface area (Å²) in [6, 6.07) is 8.81. The van der Waals surface area contributed by atoms with E-state index in [0.717, 1.165) is 11.3 Å². The maximum absolute atomic E-state index is 12.2. The van der Waals surface area contributed by atoms with E-state index in [4.69, 9.17) is 0 Å². The maximum atomic E-state index is 12.2. The Kier molecular flexibility index (Phi) is 5.79. The fourth-order valence-electron chi connectivity index (χ4n) is 2.93. The molecule has 1 aliphatic heterocycles. The van der Waals surface area contributed by atoms with Crippen molar-refractivity contribution in [2.24, 2.45) is 0 Å². The van der Waals surface area contributed by atoms with E-state index in [1.54, 1.807) is 36.4 Å². The first-order chi connectivity index (χ1) is 13.2. The van der Waals surface area contributed by atoms with Gasteiger partial charge in [0.05, 0.1) is 11.4 Å². The molecule has 0 unspecified atom stereocenters. The van der Waals surface area contributed by atoms with E-state index in [1.807, 2.05) is 20.8 Å². The molecule has 1 fully saturated rings. The summed E-state index contributed by atoms with van der Waals surface area (Å²) in [6.45, 7) is 6.37. The second kappa shape index (κ2) is 8.10. The van der Waals surface area contributed by atoms with Gasteiger partial charge in [0, 0.05) is 30.3 Å². The molecule has 0 saturated carbocycles. The van der Waals surface area contributed by atoms with Gasteiger partial charge in [0.1, 0.15) is 11.6 Å². The molecule has 2 aromatic rings. The van der Waals surface area contributed by atoms with Crippen molar-refractivity contribution in [1.29, 1.82) is 0 Å². The van der Waals surface area contributed by atoms with Crippen LogP contribution in [0.3, 0.4) is 0 Å². The van der Waals surface area contributed by atoms with Crippen molar-refractivity contribution in [3.63, 3.8) is 0 Å². The van der Waals surface area contributed by atoms with E-state index in [9.17, 15) is 13.2 Å². The van der Waals surface area contributed by atoms with Crippen molar-refractivity contribution in [1.82, 2.24) is 9.97 Å². The Labute approximate surface area is 165 Å². The molecule has 1 saturated heterocycles. The van der Waals surface area contributed by atoms with Gasteiger partial charge < -0.3 is 5.32 Å². The van der Waals surface area contributed by atoms with Crippen molar-refractivity contribution in [2.75, 3.05) is 21.9 Å². The van der Waals surface area contributed by atoms with E-state index in [1.165, 1.54) is 10.4 Å². The average molecular weight is 401 g/mol. The van der Waals surface area contributed by atoms with Gasteiger partial charge in [-0.05, 0) is 37.1 Å². The fourth-order valence-corrected chi connectivity index (χ4v) is 4.50. The lowest BCUT2D eigenvalue weighted by molar-refractivity contribution is -0.111. The van der Waals surface area contributed by atoms with Gasteiger partial charge in [-0.3, -0.25) is 9.10 Å². The Hall–Kier alpha value is -2.74. The third-order valence-electron chi connectivity index (χ3n) is 4.35. The number of carbonyl (C=O) groups excluding carboxylic acids is 1. The van der Waals surface area contributed by atoms with Gasteiger partial charge in [-0.2, -0.15) is 0 Å². The number of carbonyl (C=O) groups is 1. The minimum absolute atomic E-state index is 0.170. The zero-order chi connectivity index (χ0) is 20.3. The predicted molar refractivity (Wildman–Crippen MR) is 111 cm³/mol. The number of amides is 1. The molecule has 1 aliphatic rings. The molecule has 28 heavy (non-hydrogen) atoms. The molecule has 0 atom stereocenters. The summed E-state index contributed by atoms with van der Waals surface area (Å²) in [6.07, 6.45) is 3.74. The van der Waals surface area contributed by atoms with Crippen LogP contribution in [0.15, 0.2) is 36.4 Å². The van der Waals surface area contributed by atoms with Crippen molar-refractivity contribution in [3.8, 4) is 0 Å². The van der Waals surface area contributed by atoms with E-state index < -0.39 is 10.0 Å². The van der Waals surface area contributed by atoms with Crippen LogP contribution >= 0.6 is 0 Å². The Balaban J connectivity index is 1.66. The molecule has 8 heteroatoms. The molecular formula is C20H24N4O3S. The third-order valence-corrected chi connectivity index (χ3v) is 6.22. The Bertz CT molecular complexity index is 999. The van der Waals surface area contributed by atoms with Gasteiger partial charge in [-0.25, -0.2) is 18.4 Å². The minimum Gasteiger partial charge on any atom is -0.307 e. The summed E-state index contributed by atoms with van der Waals surface area (Å²) in [5.74, 6) is 1.23. The Morgan fingerprint density at radius 2 is 1.93 bits per heavy atom. The largest absolute Gasteiger partial charge is 0.307 e. The standard InChI is InChI=1S/C20H24N4O3S/c1-14(2)20-21-15(3)13-18(23-20)22-19(25)10-7-16-5-8-17(9-6-16)24-11-4-12-28(24,26)27/h5-10,13-14H,4,11-12H2,1-3H3,(H,21,22,23,25)/b10-7+. The number of aryl methyl sites for hydroxylation is 1. The molecule has 1 amide bonds. The SMILES string of the molecule is Cc1cc(NC(=O)/C=C/c2ccc(N3CCCS3(=O)=O)cc2)nc(C(C)C)n1. The first kappa shape index (κ1) is 20.0. The van der Waals surface area contributed by atoms with Crippen LogP contribution in [0.25, 0.3) is 6.08 Å². The smallest absolute Gasteiger partial charge is 0.249 e. The minimum atomic E-state index is -3.19. The molecule has 0 radical (unpaired) electrons. The average Bonchev–Trinajstić information content (AvgIpc) is 2.99. The van der Waals surface area contributed by atoms with Crippen LogP contribution in [0.5, 0.6) is 0 Å². The fraction of sp³-hybridized carbons (Fsp3) is 0.350. The molecule has 0 spiro atoms. The molecule has 0 aliphatic carbocycles. The van der Waals surface area contributed by atoms with E-state index in [-0.39, 0.29) is 17.6 Å². The summed E-state index contributed by atoms with van der Waals surface area (Å²) < 4.78 is 25.4. The third kappa shape index (κ3) is 4.75. The number of nitrogens with zero attached hydrogens (tertiary/aromatic N) is 3. The monoisotopic (exact) mass is 400 g/mol. The molecule has 7 nitrogen and oxygen atoms in total. The Morgan fingerprint density at radius 3 is 2.54 bits per heavy atom. The highest BCUT2D eigenvalue weighted by Crippen LogP contribution is 2.24.